The van der Waals surface area contributed by atoms with Crippen molar-refractivity contribution in [1.82, 2.24) is 9.21 Å². The Kier molecular flexibility index (Phi) is 5.37. The van der Waals surface area contributed by atoms with Gasteiger partial charge in [-0.2, -0.15) is 0 Å². The van der Waals surface area contributed by atoms with Gasteiger partial charge in [-0.15, -0.1) is 0 Å². The Hall–Kier alpha value is -0.950. The summed E-state index contributed by atoms with van der Waals surface area (Å²) in [5.74, 6) is 0.106. The first-order valence-corrected chi connectivity index (χ1v) is 11.5. The third-order valence-electron chi connectivity index (χ3n) is 6.31. The number of hydrogen-bond acceptors (Lipinski definition) is 4. The highest BCUT2D eigenvalue weighted by molar-refractivity contribution is 7.88. The molecule has 5 nitrogen and oxygen atoms in total. The fraction of sp³-hybridized carbons (Fsp3) is 0.700. The minimum Gasteiger partial charge on any atom is -0.376 e. The fourth-order valence-corrected chi connectivity index (χ4v) is 6.26. The molecule has 3 fully saturated rings. The molecule has 1 spiro atoms. The average molecular weight is 379 g/mol. The normalized spacial score (nSPS) is 27.3. The van der Waals surface area contributed by atoms with E-state index in [-0.39, 0.29) is 11.2 Å². The standard InChI is InChI=1S/C20H30N2O3S/c23-26(24,16-18-6-2-1-3-7-18)22-12-8-20(9-13-22)14-19(25-17-20)15-21-10-4-5-11-21/h1-3,6-7,19H,4-5,8-17H2. The van der Waals surface area contributed by atoms with Crippen LogP contribution in [0.1, 0.15) is 37.7 Å². The molecule has 0 N–H and O–H groups in total. The van der Waals surface area contributed by atoms with E-state index in [0.717, 1.165) is 38.0 Å². The van der Waals surface area contributed by atoms with Gasteiger partial charge in [0.15, 0.2) is 0 Å². The second-order valence-electron chi connectivity index (χ2n) is 8.29. The van der Waals surface area contributed by atoms with Gasteiger partial charge in [-0.05, 0) is 56.2 Å². The minimum absolute atomic E-state index is 0.106. The van der Waals surface area contributed by atoms with E-state index in [1.54, 1.807) is 4.31 Å². The maximum Gasteiger partial charge on any atom is 0.218 e. The highest BCUT2D eigenvalue weighted by Gasteiger charge is 2.44. The van der Waals surface area contributed by atoms with E-state index in [4.69, 9.17) is 4.74 Å². The molecule has 3 heterocycles. The Morgan fingerprint density at radius 3 is 2.42 bits per heavy atom. The molecule has 3 saturated heterocycles. The van der Waals surface area contributed by atoms with Crippen LogP contribution in [0.15, 0.2) is 30.3 Å². The van der Waals surface area contributed by atoms with Crippen molar-refractivity contribution in [3.8, 4) is 0 Å². The maximum atomic E-state index is 12.7. The maximum absolute atomic E-state index is 12.7. The molecular formula is C20H30N2O3S. The second-order valence-corrected chi connectivity index (χ2v) is 10.3. The lowest BCUT2D eigenvalue weighted by molar-refractivity contribution is 0.0627. The van der Waals surface area contributed by atoms with Gasteiger partial charge in [0.25, 0.3) is 0 Å². The molecule has 1 aromatic carbocycles. The number of rotatable bonds is 5. The molecule has 0 radical (unpaired) electrons. The van der Waals surface area contributed by atoms with Crippen LogP contribution in [0.4, 0.5) is 0 Å². The van der Waals surface area contributed by atoms with E-state index < -0.39 is 10.0 Å². The van der Waals surface area contributed by atoms with Gasteiger partial charge in [0.2, 0.25) is 10.0 Å². The monoisotopic (exact) mass is 378 g/mol. The predicted molar refractivity (Wildman–Crippen MR) is 102 cm³/mol. The van der Waals surface area contributed by atoms with Crippen molar-refractivity contribution >= 4 is 10.0 Å². The molecule has 1 unspecified atom stereocenters. The quantitative estimate of drug-likeness (QED) is 0.790. The van der Waals surface area contributed by atoms with E-state index in [0.29, 0.717) is 19.2 Å². The Bertz CT molecular complexity index is 693. The molecule has 6 heteroatoms. The van der Waals surface area contributed by atoms with Crippen LogP contribution in [-0.4, -0.2) is 63.1 Å². The number of ether oxygens (including phenoxy) is 1. The van der Waals surface area contributed by atoms with Gasteiger partial charge >= 0.3 is 0 Å². The average Bonchev–Trinajstić information content (AvgIpc) is 3.27. The zero-order valence-corrected chi connectivity index (χ0v) is 16.3. The highest BCUT2D eigenvalue weighted by Crippen LogP contribution is 2.42. The molecule has 26 heavy (non-hydrogen) atoms. The SMILES string of the molecule is O=S(=O)(Cc1ccccc1)N1CCC2(CC1)COC(CN1CCCC1)C2. The van der Waals surface area contributed by atoms with Crippen LogP contribution in [0.5, 0.6) is 0 Å². The van der Waals surface area contributed by atoms with Gasteiger partial charge in [0.05, 0.1) is 18.5 Å². The molecular weight excluding hydrogens is 348 g/mol. The smallest absolute Gasteiger partial charge is 0.218 e. The van der Waals surface area contributed by atoms with E-state index in [1.807, 2.05) is 30.3 Å². The summed E-state index contributed by atoms with van der Waals surface area (Å²) in [6.07, 6.45) is 5.91. The number of sulfonamides is 1. The van der Waals surface area contributed by atoms with Crippen LogP contribution < -0.4 is 0 Å². The topological polar surface area (TPSA) is 49.9 Å². The molecule has 1 aromatic rings. The van der Waals surface area contributed by atoms with Crippen LogP contribution in [-0.2, 0) is 20.5 Å². The Balaban J connectivity index is 1.31. The van der Waals surface area contributed by atoms with Crippen molar-refractivity contribution < 1.29 is 13.2 Å². The number of hydrogen-bond donors (Lipinski definition) is 0. The van der Waals surface area contributed by atoms with Crippen molar-refractivity contribution in [2.24, 2.45) is 5.41 Å². The van der Waals surface area contributed by atoms with E-state index in [1.165, 1.54) is 25.9 Å². The van der Waals surface area contributed by atoms with Crippen LogP contribution in [0.3, 0.4) is 0 Å². The lowest BCUT2D eigenvalue weighted by Gasteiger charge is -2.37. The summed E-state index contributed by atoms with van der Waals surface area (Å²) < 4.78 is 33.3. The summed E-state index contributed by atoms with van der Waals surface area (Å²) in [5, 5.41) is 0. The Morgan fingerprint density at radius 1 is 1.04 bits per heavy atom. The van der Waals surface area contributed by atoms with Crippen molar-refractivity contribution in [2.45, 2.75) is 44.0 Å². The summed E-state index contributed by atoms with van der Waals surface area (Å²) in [6, 6.07) is 9.48. The number of nitrogens with zero attached hydrogens (tertiary/aromatic N) is 2. The number of benzene rings is 1. The Morgan fingerprint density at radius 2 is 1.73 bits per heavy atom. The molecule has 3 aliphatic heterocycles. The fourth-order valence-electron chi connectivity index (χ4n) is 4.73. The Labute approximate surface area is 157 Å². The van der Waals surface area contributed by atoms with E-state index >= 15 is 0 Å². The van der Waals surface area contributed by atoms with Crippen LogP contribution in [0, 0.1) is 5.41 Å². The van der Waals surface area contributed by atoms with Crippen molar-refractivity contribution in [3.05, 3.63) is 35.9 Å². The van der Waals surface area contributed by atoms with Gasteiger partial charge in [-0.3, -0.25) is 0 Å². The molecule has 0 amide bonds. The lowest BCUT2D eigenvalue weighted by atomic mass is 9.77. The van der Waals surface area contributed by atoms with Crippen LogP contribution >= 0.6 is 0 Å². The van der Waals surface area contributed by atoms with Crippen molar-refractivity contribution in [1.29, 1.82) is 0 Å². The molecule has 3 aliphatic rings. The van der Waals surface area contributed by atoms with Gasteiger partial charge in [-0.25, -0.2) is 12.7 Å². The van der Waals surface area contributed by atoms with Crippen molar-refractivity contribution in [2.75, 3.05) is 39.3 Å². The van der Waals surface area contributed by atoms with Crippen LogP contribution in [0.25, 0.3) is 0 Å². The molecule has 0 aromatic heterocycles. The molecule has 0 aliphatic carbocycles. The summed E-state index contributed by atoms with van der Waals surface area (Å²) in [6.45, 7) is 5.54. The summed E-state index contributed by atoms with van der Waals surface area (Å²) in [5.41, 5.74) is 1.06. The third-order valence-corrected chi connectivity index (χ3v) is 8.16. The minimum atomic E-state index is -3.23. The first-order chi connectivity index (χ1) is 12.5. The lowest BCUT2D eigenvalue weighted by Crippen LogP contribution is -2.44. The van der Waals surface area contributed by atoms with Gasteiger partial charge in [-0.1, -0.05) is 30.3 Å². The zero-order valence-electron chi connectivity index (χ0n) is 15.5. The third kappa shape index (κ3) is 4.14. The van der Waals surface area contributed by atoms with Gasteiger partial charge < -0.3 is 9.64 Å². The highest BCUT2D eigenvalue weighted by atomic mass is 32.2. The summed E-state index contributed by atoms with van der Waals surface area (Å²) in [7, 11) is -3.23. The molecule has 0 saturated carbocycles. The molecule has 144 valence electrons. The molecule has 0 bridgehead atoms. The first kappa shape index (κ1) is 18.4. The predicted octanol–water partition coefficient (Wildman–Crippen LogP) is 2.48. The number of likely N-dealkylation sites (tertiary alicyclic amines) is 1. The molecule has 4 rings (SSSR count). The van der Waals surface area contributed by atoms with E-state index in [9.17, 15) is 8.42 Å². The summed E-state index contributed by atoms with van der Waals surface area (Å²) >= 11 is 0. The van der Waals surface area contributed by atoms with Crippen molar-refractivity contribution in [3.63, 3.8) is 0 Å². The largest absolute Gasteiger partial charge is 0.376 e. The van der Waals surface area contributed by atoms with Gasteiger partial charge in [0.1, 0.15) is 0 Å². The van der Waals surface area contributed by atoms with E-state index in [2.05, 4.69) is 4.90 Å². The summed E-state index contributed by atoms with van der Waals surface area (Å²) in [4.78, 5) is 2.52. The molecule has 1 atom stereocenters. The second kappa shape index (κ2) is 7.58. The number of piperidine rings is 1. The zero-order chi connectivity index (χ0) is 18.0. The van der Waals surface area contributed by atoms with Crippen LogP contribution in [0.2, 0.25) is 0 Å². The first-order valence-electron chi connectivity index (χ1n) is 9.91. The van der Waals surface area contributed by atoms with Gasteiger partial charge in [0, 0.05) is 19.6 Å².